The van der Waals surface area contributed by atoms with Gasteiger partial charge < -0.3 is 19.7 Å². The number of esters is 1. The standard InChI is InChI=1S/C30H39N3O9S/c1-21-14-16-23(17-15-21)43(38,39)42-25(13-9-10-18-31-28(36)40-20-22-11-7-6-8-12-22)26(34)33-24(19-32(5)29(33)37)27(35)41-30(2,3)4/h6-8,11-12,14-17,24-25H,9-10,13,18-20H2,1-5H3,(H,31,36)/t24-,25+/m0/s1. The van der Waals surface area contributed by atoms with Gasteiger partial charge in [0.25, 0.3) is 16.0 Å². The molecule has 0 aliphatic carbocycles. The third-order valence-corrected chi connectivity index (χ3v) is 7.75. The molecule has 4 amide bonds. The number of amides is 4. The first-order chi connectivity index (χ1) is 20.2. The van der Waals surface area contributed by atoms with Gasteiger partial charge in [0.05, 0.1) is 11.4 Å². The molecule has 43 heavy (non-hydrogen) atoms. The summed E-state index contributed by atoms with van der Waals surface area (Å²) in [7, 11) is -2.99. The summed E-state index contributed by atoms with van der Waals surface area (Å²) in [4.78, 5) is 53.4. The van der Waals surface area contributed by atoms with Gasteiger partial charge in [-0.3, -0.25) is 8.98 Å². The SMILES string of the molecule is Cc1ccc(S(=O)(=O)O[C@H](CCCCNC(=O)OCc2ccccc2)C(=O)N2C(=O)N(C)C[C@H]2C(=O)OC(C)(C)C)cc1. The van der Waals surface area contributed by atoms with Crippen molar-refractivity contribution in [2.75, 3.05) is 20.1 Å². The number of ether oxygens (including phenoxy) is 2. The minimum Gasteiger partial charge on any atom is -0.458 e. The maximum absolute atomic E-state index is 13.7. The topological polar surface area (TPSA) is 149 Å². The number of hydrogen-bond acceptors (Lipinski definition) is 9. The molecule has 1 saturated heterocycles. The molecule has 2 aromatic rings. The highest BCUT2D eigenvalue weighted by atomic mass is 32.2. The Hall–Kier alpha value is -3.97. The number of carbonyl (C=O) groups excluding carboxylic acids is 4. The second-order valence-corrected chi connectivity index (χ2v) is 12.8. The van der Waals surface area contributed by atoms with Gasteiger partial charge in [-0.15, -0.1) is 0 Å². The summed E-state index contributed by atoms with van der Waals surface area (Å²) in [6.07, 6.45) is -1.76. The van der Waals surface area contributed by atoms with Crippen LogP contribution in [-0.2, 0) is 40.0 Å². The largest absolute Gasteiger partial charge is 0.458 e. The summed E-state index contributed by atoms with van der Waals surface area (Å²) in [5, 5.41) is 2.61. The Labute approximate surface area is 252 Å². The Morgan fingerprint density at radius 2 is 1.67 bits per heavy atom. The zero-order valence-corrected chi connectivity index (χ0v) is 25.9. The van der Waals surface area contributed by atoms with Crippen molar-refractivity contribution in [1.29, 1.82) is 0 Å². The Morgan fingerprint density at radius 1 is 1.02 bits per heavy atom. The molecule has 1 heterocycles. The number of alkyl carbamates (subject to hydrolysis) is 1. The number of aryl methyl sites for hydroxylation is 1. The second-order valence-electron chi connectivity index (χ2n) is 11.3. The van der Waals surface area contributed by atoms with Crippen molar-refractivity contribution in [3.8, 4) is 0 Å². The quantitative estimate of drug-likeness (QED) is 0.213. The third-order valence-electron chi connectivity index (χ3n) is 6.41. The maximum atomic E-state index is 13.7. The Kier molecular flexibility index (Phi) is 11.3. The molecule has 0 spiro atoms. The molecule has 0 radical (unpaired) electrons. The summed E-state index contributed by atoms with van der Waals surface area (Å²) < 4.78 is 42.3. The first kappa shape index (κ1) is 33.5. The van der Waals surface area contributed by atoms with E-state index in [1.165, 1.54) is 24.1 Å². The molecule has 2 atom stereocenters. The number of carbonyl (C=O) groups is 4. The predicted molar refractivity (Wildman–Crippen MR) is 156 cm³/mol. The molecule has 1 fully saturated rings. The monoisotopic (exact) mass is 617 g/mol. The minimum atomic E-state index is -4.42. The van der Waals surface area contributed by atoms with Crippen LogP contribution in [0.15, 0.2) is 59.5 Å². The van der Waals surface area contributed by atoms with Gasteiger partial charge in [0.15, 0.2) is 12.1 Å². The van der Waals surface area contributed by atoms with Crippen molar-refractivity contribution in [2.24, 2.45) is 0 Å². The molecule has 0 unspecified atom stereocenters. The van der Waals surface area contributed by atoms with Crippen LogP contribution >= 0.6 is 0 Å². The summed E-state index contributed by atoms with van der Waals surface area (Å²) in [5.41, 5.74) is 0.778. The normalized spacial score (nSPS) is 16.1. The number of nitrogens with one attached hydrogen (secondary N) is 1. The fourth-order valence-electron chi connectivity index (χ4n) is 4.23. The van der Waals surface area contributed by atoms with Gasteiger partial charge in [-0.25, -0.2) is 19.3 Å². The van der Waals surface area contributed by atoms with E-state index >= 15 is 0 Å². The van der Waals surface area contributed by atoms with Crippen LogP contribution in [0, 0.1) is 6.92 Å². The molecule has 12 nitrogen and oxygen atoms in total. The van der Waals surface area contributed by atoms with Crippen molar-refractivity contribution < 1.29 is 41.3 Å². The lowest BCUT2D eigenvalue weighted by Gasteiger charge is -2.27. The average Bonchev–Trinajstić information content (AvgIpc) is 3.24. The van der Waals surface area contributed by atoms with Crippen molar-refractivity contribution >= 4 is 34.1 Å². The molecule has 13 heteroatoms. The van der Waals surface area contributed by atoms with Gasteiger partial charge >= 0.3 is 18.1 Å². The lowest BCUT2D eigenvalue weighted by atomic mass is 10.1. The van der Waals surface area contributed by atoms with E-state index in [0.29, 0.717) is 11.3 Å². The Bertz CT molecular complexity index is 1390. The van der Waals surface area contributed by atoms with E-state index in [1.807, 2.05) is 30.3 Å². The van der Waals surface area contributed by atoms with Crippen LogP contribution in [0.2, 0.25) is 0 Å². The van der Waals surface area contributed by atoms with Crippen LogP contribution in [0.3, 0.4) is 0 Å². The summed E-state index contributed by atoms with van der Waals surface area (Å²) in [6.45, 7) is 6.93. The van der Waals surface area contributed by atoms with E-state index < -0.39 is 51.9 Å². The number of rotatable bonds is 12. The molecule has 3 rings (SSSR count). The summed E-state index contributed by atoms with van der Waals surface area (Å²) in [5.74, 6) is -1.77. The molecule has 0 aromatic heterocycles. The number of imide groups is 1. The number of hydrogen-bond donors (Lipinski definition) is 1. The molecule has 0 saturated carbocycles. The molecule has 234 valence electrons. The van der Waals surface area contributed by atoms with Gasteiger partial charge in [0, 0.05) is 13.6 Å². The van der Waals surface area contributed by atoms with Crippen molar-refractivity contribution in [3.63, 3.8) is 0 Å². The number of unbranched alkanes of at least 4 members (excludes halogenated alkanes) is 1. The highest BCUT2D eigenvalue weighted by molar-refractivity contribution is 7.86. The minimum absolute atomic E-state index is 0.102. The average molecular weight is 618 g/mol. The fraction of sp³-hybridized carbons (Fsp3) is 0.467. The fourth-order valence-corrected chi connectivity index (χ4v) is 5.30. The molecule has 1 aliphatic heterocycles. The van der Waals surface area contributed by atoms with E-state index in [9.17, 15) is 27.6 Å². The lowest BCUT2D eigenvalue weighted by Crippen LogP contribution is -2.50. The van der Waals surface area contributed by atoms with Gasteiger partial charge in [-0.2, -0.15) is 8.42 Å². The van der Waals surface area contributed by atoms with Crippen LogP contribution in [0.4, 0.5) is 9.59 Å². The third kappa shape index (κ3) is 9.79. The predicted octanol–water partition coefficient (Wildman–Crippen LogP) is 3.77. The zero-order valence-electron chi connectivity index (χ0n) is 25.1. The van der Waals surface area contributed by atoms with Crippen LogP contribution < -0.4 is 5.32 Å². The molecule has 2 aromatic carbocycles. The molecule has 1 aliphatic rings. The van der Waals surface area contributed by atoms with E-state index in [1.54, 1.807) is 39.8 Å². The Balaban J connectivity index is 1.70. The van der Waals surface area contributed by atoms with Gasteiger partial charge in [0.1, 0.15) is 12.2 Å². The van der Waals surface area contributed by atoms with E-state index in [4.69, 9.17) is 13.7 Å². The second kappa shape index (κ2) is 14.5. The molecule has 0 bridgehead atoms. The molecule has 1 N–H and O–H groups in total. The number of likely N-dealkylation sites (N-methyl/N-ethyl adjacent to an activating group) is 1. The number of benzene rings is 2. The van der Waals surface area contributed by atoms with Crippen molar-refractivity contribution in [2.45, 2.75) is 76.2 Å². The van der Waals surface area contributed by atoms with E-state index in [2.05, 4.69) is 5.32 Å². The van der Waals surface area contributed by atoms with E-state index in [0.717, 1.165) is 11.1 Å². The number of urea groups is 1. The van der Waals surface area contributed by atoms with Crippen LogP contribution in [0.25, 0.3) is 0 Å². The van der Waals surface area contributed by atoms with Crippen LogP contribution in [0.5, 0.6) is 0 Å². The van der Waals surface area contributed by atoms with Crippen molar-refractivity contribution in [1.82, 2.24) is 15.1 Å². The maximum Gasteiger partial charge on any atom is 0.407 e. The first-order valence-corrected chi connectivity index (χ1v) is 15.3. The zero-order chi connectivity index (χ0) is 31.8. The lowest BCUT2D eigenvalue weighted by molar-refractivity contribution is -0.162. The highest BCUT2D eigenvalue weighted by Gasteiger charge is 2.48. The smallest absolute Gasteiger partial charge is 0.407 e. The van der Waals surface area contributed by atoms with Crippen LogP contribution in [0.1, 0.15) is 51.2 Å². The Morgan fingerprint density at radius 3 is 2.30 bits per heavy atom. The molecular formula is C30H39N3O9S. The summed E-state index contributed by atoms with van der Waals surface area (Å²) >= 11 is 0. The molecular weight excluding hydrogens is 578 g/mol. The number of nitrogens with zero attached hydrogens (tertiary/aromatic N) is 2. The van der Waals surface area contributed by atoms with E-state index in [-0.39, 0.29) is 37.4 Å². The highest BCUT2D eigenvalue weighted by Crippen LogP contribution is 2.24. The first-order valence-electron chi connectivity index (χ1n) is 13.9. The van der Waals surface area contributed by atoms with Gasteiger partial charge in [-0.1, -0.05) is 48.0 Å². The van der Waals surface area contributed by atoms with Gasteiger partial charge in [0.2, 0.25) is 0 Å². The van der Waals surface area contributed by atoms with Gasteiger partial charge in [-0.05, 0) is 64.7 Å². The van der Waals surface area contributed by atoms with Crippen LogP contribution in [-0.4, -0.2) is 80.1 Å². The summed E-state index contributed by atoms with van der Waals surface area (Å²) in [6, 6.07) is 13.0. The van der Waals surface area contributed by atoms with Crippen molar-refractivity contribution in [3.05, 3.63) is 65.7 Å².